The smallest absolute Gasteiger partial charge is 0.223 e. The van der Waals surface area contributed by atoms with Crippen LogP contribution >= 0.6 is 0 Å². The topological polar surface area (TPSA) is 66.5 Å². The predicted octanol–water partition coefficient (Wildman–Crippen LogP) is 4.58. The van der Waals surface area contributed by atoms with Gasteiger partial charge in [-0.1, -0.05) is 72.3 Å². The number of amides is 1. The lowest BCUT2D eigenvalue weighted by atomic mass is 9.94. The molecule has 3 aromatic carbocycles. The molecule has 0 bridgehead atoms. The van der Waals surface area contributed by atoms with Gasteiger partial charge in [-0.25, -0.2) is 17.1 Å². The summed E-state index contributed by atoms with van der Waals surface area (Å²) in [6.45, 7) is 2.61. The van der Waals surface area contributed by atoms with E-state index in [0.29, 0.717) is 31.5 Å². The molecule has 0 saturated carbocycles. The largest absolute Gasteiger partial charge is 0.345 e. The van der Waals surface area contributed by atoms with Crippen LogP contribution in [-0.2, 0) is 20.6 Å². The molecule has 1 amide bonds. The molecule has 0 radical (unpaired) electrons. The van der Waals surface area contributed by atoms with Gasteiger partial charge in [0.05, 0.1) is 11.8 Å². The molecule has 1 fully saturated rings. The van der Waals surface area contributed by atoms with E-state index in [1.54, 1.807) is 0 Å². The van der Waals surface area contributed by atoms with Gasteiger partial charge in [0.1, 0.15) is 5.82 Å². The van der Waals surface area contributed by atoms with Crippen molar-refractivity contribution in [3.63, 3.8) is 0 Å². The molecular formula is C27H29FN2O3S. The van der Waals surface area contributed by atoms with E-state index in [4.69, 9.17) is 0 Å². The highest BCUT2D eigenvalue weighted by Crippen LogP contribution is 2.26. The molecule has 0 aliphatic carbocycles. The molecule has 0 spiro atoms. The summed E-state index contributed by atoms with van der Waals surface area (Å²) in [6, 6.07) is 23.2. The Labute approximate surface area is 200 Å². The number of carbonyl (C=O) groups is 1. The number of nitrogens with one attached hydrogen (secondary N) is 1. The average Bonchev–Trinajstić information content (AvgIpc) is 2.85. The highest BCUT2D eigenvalue weighted by molar-refractivity contribution is 7.88. The molecule has 4 rings (SSSR count). The molecule has 1 N–H and O–H groups in total. The monoisotopic (exact) mass is 480 g/mol. The van der Waals surface area contributed by atoms with Crippen LogP contribution in [0.15, 0.2) is 78.9 Å². The number of hydrogen-bond acceptors (Lipinski definition) is 3. The molecule has 3 aromatic rings. The zero-order chi connectivity index (χ0) is 24.1. The molecule has 0 unspecified atom stereocenters. The van der Waals surface area contributed by atoms with Gasteiger partial charge in [-0.15, -0.1) is 0 Å². The number of nitrogens with zero attached hydrogens (tertiary/aromatic N) is 1. The van der Waals surface area contributed by atoms with Crippen molar-refractivity contribution in [1.29, 1.82) is 0 Å². The van der Waals surface area contributed by atoms with Crippen molar-refractivity contribution in [1.82, 2.24) is 9.62 Å². The molecule has 34 heavy (non-hydrogen) atoms. The Hall–Kier alpha value is -3.03. The summed E-state index contributed by atoms with van der Waals surface area (Å²) in [5.41, 5.74) is 3.70. The maximum Gasteiger partial charge on any atom is 0.223 e. The van der Waals surface area contributed by atoms with Crippen molar-refractivity contribution in [3.05, 3.63) is 107 Å². The van der Waals surface area contributed by atoms with Gasteiger partial charge in [0.15, 0.2) is 0 Å². The first-order valence-electron chi connectivity index (χ1n) is 11.5. The van der Waals surface area contributed by atoms with Crippen LogP contribution in [0.4, 0.5) is 4.39 Å². The van der Waals surface area contributed by atoms with Crippen LogP contribution < -0.4 is 5.32 Å². The van der Waals surface area contributed by atoms with E-state index in [9.17, 15) is 17.6 Å². The first-order chi connectivity index (χ1) is 16.3. The van der Waals surface area contributed by atoms with E-state index in [-0.39, 0.29) is 23.6 Å². The van der Waals surface area contributed by atoms with Gasteiger partial charge in [0, 0.05) is 19.0 Å². The molecule has 178 valence electrons. The quantitative estimate of drug-likeness (QED) is 0.538. The minimum atomic E-state index is -3.53. The van der Waals surface area contributed by atoms with Gasteiger partial charge in [0.2, 0.25) is 15.9 Å². The number of piperidine rings is 1. The molecular weight excluding hydrogens is 451 g/mol. The third-order valence-electron chi connectivity index (χ3n) is 6.31. The fourth-order valence-electron chi connectivity index (χ4n) is 4.30. The van der Waals surface area contributed by atoms with Crippen molar-refractivity contribution in [2.24, 2.45) is 5.92 Å². The summed E-state index contributed by atoms with van der Waals surface area (Å²) in [5, 5.41) is 3.20. The van der Waals surface area contributed by atoms with E-state index >= 15 is 0 Å². The van der Waals surface area contributed by atoms with E-state index in [2.05, 4.69) is 5.32 Å². The fourth-order valence-corrected chi connectivity index (χ4v) is 5.87. The Bertz CT molecular complexity index is 1200. The number of hydrogen-bond donors (Lipinski definition) is 1. The molecule has 1 aliphatic rings. The zero-order valence-corrected chi connectivity index (χ0v) is 20.0. The Kier molecular flexibility index (Phi) is 7.44. The van der Waals surface area contributed by atoms with Gasteiger partial charge in [-0.2, -0.15) is 0 Å². The van der Waals surface area contributed by atoms with Crippen LogP contribution in [0.1, 0.15) is 41.1 Å². The summed E-state index contributed by atoms with van der Waals surface area (Å²) >= 11 is 0. The number of aryl methyl sites for hydroxylation is 1. The molecule has 1 atom stereocenters. The molecule has 1 saturated heterocycles. The minimum Gasteiger partial charge on any atom is -0.345 e. The highest BCUT2D eigenvalue weighted by atomic mass is 32.2. The van der Waals surface area contributed by atoms with Crippen LogP contribution in [0.2, 0.25) is 0 Å². The standard InChI is InChI=1S/C27H29FN2O3S/c1-20-7-11-23(12-8-20)26(22-5-3-2-4-6-22)29-27(31)24-15-17-30(18-16-24)34(32,33)19-21-9-13-25(28)14-10-21/h2-14,24,26H,15-19H2,1H3,(H,29,31)/t26-/m1/s1. The van der Waals surface area contributed by atoms with Gasteiger partial charge in [-0.3, -0.25) is 4.79 Å². The molecule has 7 heteroatoms. The van der Waals surface area contributed by atoms with Crippen LogP contribution in [-0.4, -0.2) is 31.7 Å². The molecule has 5 nitrogen and oxygen atoms in total. The van der Waals surface area contributed by atoms with Crippen LogP contribution in [0, 0.1) is 18.7 Å². The summed E-state index contributed by atoms with van der Waals surface area (Å²) in [4.78, 5) is 13.2. The SMILES string of the molecule is Cc1ccc([C@H](NC(=O)C2CCN(S(=O)(=O)Cc3ccc(F)cc3)CC2)c2ccccc2)cc1. The van der Waals surface area contributed by atoms with Crippen LogP contribution in [0.5, 0.6) is 0 Å². The second-order valence-electron chi connectivity index (χ2n) is 8.82. The highest BCUT2D eigenvalue weighted by Gasteiger charge is 2.32. The lowest BCUT2D eigenvalue weighted by molar-refractivity contribution is -0.126. The maximum absolute atomic E-state index is 13.2. The summed E-state index contributed by atoms with van der Waals surface area (Å²) in [7, 11) is -3.53. The Morgan fingerprint density at radius 1 is 0.941 bits per heavy atom. The lowest BCUT2D eigenvalue weighted by Crippen LogP contribution is -2.44. The van der Waals surface area contributed by atoms with Crippen molar-refractivity contribution >= 4 is 15.9 Å². The van der Waals surface area contributed by atoms with Crippen molar-refractivity contribution < 1.29 is 17.6 Å². The van der Waals surface area contributed by atoms with Crippen LogP contribution in [0.25, 0.3) is 0 Å². The van der Waals surface area contributed by atoms with E-state index in [1.165, 1.54) is 28.6 Å². The summed E-state index contributed by atoms with van der Waals surface area (Å²) < 4.78 is 40.2. The van der Waals surface area contributed by atoms with E-state index < -0.39 is 15.8 Å². The third-order valence-corrected chi connectivity index (χ3v) is 8.16. The minimum absolute atomic E-state index is 0.0648. The first-order valence-corrected chi connectivity index (χ1v) is 13.1. The average molecular weight is 481 g/mol. The number of sulfonamides is 1. The van der Waals surface area contributed by atoms with Gasteiger partial charge in [0.25, 0.3) is 0 Å². The molecule has 1 aliphatic heterocycles. The van der Waals surface area contributed by atoms with Crippen molar-refractivity contribution in [2.75, 3.05) is 13.1 Å². The zero-order valence-electron chi connectivity index (χ0n) is 19.2. The summed E-state index contributed by atoms with van der Waals surface area (Å²) in [6.07, 6.45) is 0.924. The van der Waals surface area contributed by atoms with Crippen molar-refractivity contribution in [3.8, 4) is 0 Å². The van der Waals surface area contributed by atoms with Crippen molar-refractivity contribution in [2.45, 2.75) is 31.6 Å². The van der Waals surface area contributed by atoms with Gasteiger partial charge in [-0.05, 0) is 48.6 Å². The predicted molar refractivity (Wildman–Crippen MR) is 131 cm³/mol. The first kappa shape index (κ1) is 24.1. The number of benzene rings is 3. The second-order valence-corrected chi connectivity index (χ2v) is 10.8. The van der Waals surface area contributed by atoms with Gasteiger partial charge < -0.3 is 5.32 Å². The number of rotatable bonds is 7. The summed E-state index contributed by atoms with van der Waals surface area (Å²) in [5.74, 6) is -0.889. The third kappa shape index (κ3) is 5.90. The Morgan fingerprint density at radius 3 is 2.15 bits per heavy atom. The normalized spacial score (nSPS) is 16.2. The molecule has 1 heterocycles. The van der Waals surface area contributed by atoms with E-state index in [0.717, 1.165) is 16.7 Å². The van der Waals surface area contributed by atoms with Gasteiger partial charge >= 0.3 is 0 Å². The lowest BCUT2D eigenvalue weighted by Gasteiger charge is -2.31. The van der Waals surface area contributed by atoms with E-state index in [1.807, 2.05) is 61.5 Å². The second kappa shape index (κ2) is 10.5. The Morgan fingerprint density at radius 2 is 1.53 bits per heavy atom. The fraction of sp³-hybridized carbons (Fsp3) is 0.296. The number of halogens is 1. The number of carbonyl (C=O) groups excluding carboxylic acids is 1. The maximum atomic E-state index is 13.2. The molecule has 0 aromatic heterocycles. The van der Waals surface area contributed by atoms with Crippen LogP contribution in [0.3, 0.4) is 0 Å². The Balaban J connectivity index is 1.40.